The summed E-state index contributed by atoms with van der Waals surface area (Å²) in [4.78, 5) is 27.4. The number of esters is 1. The number of aromatic amines is 1. The Kier molecular flexibility index (Phi) is 5.76. The molecule has 6 nitrogen and oxygen atoms in total. The maximum atomic E-state index is 12.6. The Morgan fingerprint density at radius 2 is 1.81 bits per heavy atom. The summed E-state index contributed by atoms with van der Waals surface area (Å²) in [5, 5.41) is 0.344. The molecule has 0 fully saturated rings. The highest BCUT2D eigenvalue weighted by atomic mass is 16.5. The zero-order valence-electron chi connectivity index (χ0n) is 15.3. The van der Waals surface area contributed by atoms with Gasteiger partial charge in [-0.05, 0) is 18.1 Å². The third kappa shape index (κ3) is 4.11. The van der Waals surface area contributed by atoms with E-state index in [1.807, 2.05) is 37.3 Å². The van der Waals surface area contributed by atoms with Crippen molar-refractivity contribution in [2.24, 2.45) is 0 Å². The highest BCUT2D eigenvalue weighted by Gasteiger charge is 2.16. The van der Waals surface area contributed by atoms with Gasteiger partial charge in [-0.2, -0.15) is 0 Å². The molecule has 0 radical (unpaired) electrons. The van der Waals surface area contributed by atoms with E-state index < -0.39 is 11.4 Å². The van der Waals surface area contributed by atoms with Crippen LogP contribution in [0.1, 0.15) is 29.3 Å². The third-order valence-electron chi connectivity index (χ3n) is 4.05. The Morgan fingerprint density at radius 3 is 2.52 bits per heavy atom. The zero-order chi connectivity index (χ0) is 19.2. The standard InChI is InChI=1S/C21H21NO5/c1-3-9-26-18-10-15-17(22-12-16(20(15)23)21(24)25-2)11-19(18)27-13-14-7-5-4-6-8-14/h4-8,10-12H,3,9,13H2,1-2H3,(H,22,23). The highest BCUT2D eigenvalue weighted by Crippen LogP contribution is 2.32. The van der Waals surface area contributed by atoms with Crippen molar-refractivity contribution < 1.29 is 19.0 Å². The first-order valence-electron chi connectivity index (χ1n) is 8.71. The minimum Gasteiger partial charge on any atom is -0.490 e. The van der Waals surface area contributed by atoms with Crippen molar-refractivity contribution >= 4 is 16.9 Å². The van der Waals surface area contributed by atoms with Gasteiger partial charge in [-0.1, -0.05) is 37.3 Å². The number of carbonyl (C=O) groups is 1. The van der Waals surface area contributed by atoms with Crippen LogP contribution in [0.15, 0.2) is 53.5 Å². The lowest BCUT2D eigenvalue weighted by Crippen LogP contribution is -2.17. The van der Waals surface area contributed by atoms with Gasteiger partial charge in [0, 0.05) is 12.3 Å². The number of hydrogen-bond donors (Lipinski definition) is 1. The molecule has 0 amide bonds. The number of carbonyl (C=O) groups excluding carboxylic acids is 1. The first kappa shape index (κ1) is 18.5. The molecule has 0 spiro atoms. The summed E-state index contributed by atoms with van der Waals surface area (Å²) in [5.74, 6) is 0.313. The lowest BCUT2D eigenvalue weighted by atomic mass is 10.1. The van der Waals surface area contributed by atoms with Gasteiger partial charge in [0.2, 0.25) is 5.43 Å². The van der Waals surface area contributed by atoms with Gasteiger partial charge in [0.15, 0.2) is 11.5 Å². The number of methoxy groups -OCH3 is 1. The van der Waals surface area contributed by atoms with Crippen LogP contribution in [0.25, 0.3) is 10.9 Å². The topological polar surface area (TPSA) is 77.6 Å². The van der Waals surface area contributed by atoms with Crippen LogP contribution in [0.2, 0.25) is 0 Å². The summed E-state index contributed by atoms with van der Waals surface area (Å²) in [6.45, 7) is 2.86. The van der Waals surface area contributed by atoms with E-state index >= 15 is 0 Å². The molecule has 1 N–H and O–H groups in total. The van der Waals surface area contributed by atoms with Gasteiger partial charge >= 0.3 is 5.97 Å². The number of rotatable bonds is 7. The number of hydrogen-bond acceptors (Lipinski definition) is 5. The van der Waals surface area contributed by atoms with Crippen LogP contribution >= 0.6 is 0 Å². The average molecular weight is 367 g/mol. The van der Waals surface area contributed by atoms with Crippen molar-refractivity contribution in [3.63, 3.8) is 0 Å². The van der Waals surface area contributed by atoms with E-state index in [2.05, 4.69) is 9.72 Å². The number of benzene rings is 2. The van der Waals surface area contributed by atoms with Gasteiger partial charge in [-0.3, -0.25) is 4.79 Å². The van der Waals surface area contributed by atoms with Crippen LogP contribution in [0.4, 0.5) is 0 Å². The summed E-state index contributed by atoms with van der Waals surface area (Å²) < 4.78 is 16.4. The number of ether oxygens (including phenoxy) is 3. The zero-order valence-corrected chi connectivity index (χ0v) is 15.3. The fraction of sp³-hybridized carbons (Fsp3) is 0.238. The molecule has 1 heterocycles. The second-order valence-electron chi connectivity index (χ2n) is 5.99. The van der Waals surface area contributed by atoms with E-state index in [9.17, 15) is 9.59 Å². The van der Waals surface area contributed by atoms with Crippen molar-refractivity contribution in [2.45, 2.75) is 20.0 Å². The van der Waals surface area contributed by atoms with Crippen molar-refractivity contribution in [1.82, 2.24) is 4.98 Å². The molecule has 6 heteroatoms. The molecule has 2 aromatic carbocycles. The maximum Gasteiger partial charge on any atom is 0.343 e. The monoisotopic (exact) mass is 367 g/mol. The molecule has 0 atom stereocenters. The second-order valence-corrected chi connectivity index (χ2v) is 5.99. The van der Waals surface area contributed by atoms with E-state index in [4.69, 9.17) is 9.47 Å². The second kappa shape index (κ2) is 8.40. The molecule has 0 saturated heterocycles. The van der Waals surface area contributed by atoms with Crippen LogP contribution < -0.4 is 14.9 Å². The fourth-order valence-corrected chi connectivity index (χ4v) is 2.66. The molecule has 0 aliphatic heterocycles. The van der Waals surface area contributed by atoms with Gasteiger partial charge in [0.25, 0.3) is 0 Å². The lowest BCUT2D eigenvalue weighted by Gasteiger charge is -2.14. The van der Waals surface area contributed by atoms with Crippen LogP contribution in [0.5, 0.6) is 11.5 Å². The summed E-state index contributed by atoms with van der Waals surface area (Å²) in [5.41, 5.74) is 1.11. The lowest BCUT2D eigenvalue weighted by molar-refractivity contribution is 0.0599. The number of aromatic nitrogens is 1. The van der Waals surface area contributed by atoms with Crippen LogP contribution in [0.3, 0.4) is 0 Å². The number of H-pyrrole nitrogens is 1. The smallest absolute Gasteiger partial charge is 0.343 e. The Hall–Kier alpha value is -3.28. The molecule has 0 aliphatic carbocycles. The van der Waals surface area contributed by atoms with E-state index in [0.29, 0.717) is 35.6 Å². The minimum atomic E-state index is -0.682. The molecule has 0 saturated carbocycles. The molecule has 3 rings (SSSR count). The summed E-state index contributed by atoms with van der Waals surface area (Å²) in [6.07, 6.45) is 2.17. The van der Waals surface area contributed by atoms with E-state index in [-0.39, 0.29) is 5.56 Å². The summed E-state index contributed by atoms with van der Waals surface area (Å²) in [6, 6.07) is 13.1. The van der Waals surface area contributed by atoms with Crippen LogP contribution in [-0.2, 0) is 11.3 Å². The molecule has 140 valence electrons. The van der Waals surface area contributed by atoms with Gasteiger partial charge in [0.1, 0.15) is 12.2 Å². The number of fused-ring (bicyclic) bond motifs is 1. The van der Waals surface area contributed by atoms with Crippen molar-refractivity contribution in [1.29, 1.82) is 0 Å². The first-order chi connectivity index (χ1) is 13.1. The third-order valence-corrected chi connectivity index (χ3v) is 4.05. The molecule has 0 unspecified atom stereocenters. The fourth-order valence-electron chi connectivity index (χ4n) is 2.66. The molecule has 3 aromatic rings. The number of nitrogens with one attached hydrogen (secondary N) is 1. The van der Waals surface area contributed by atoms with Gasteiger partial charge < -0.3 is 19.2 Å². The van der Waals surface area contributed by atoms with Gasteiger partial charge in [-0.25, -0.2) is 4.79 Å². The molecule has 0 aliphatic rings. The predicted molar refractivity (Wildman–Crippen MR) is 102 cm³/mol. The molecular formula is C21H21NO5. The molecular weight excluding hydrogens is 346 g/mol. The van der Waals surface area contributed by atoms with Crippen LogP contribution in [0, 0.1) is 0 Å². The predicted octanol–water partition coefficient (Wildman–Crippen LogP) is 3.68. The Morgan fingerprint density at radius 1 is 1.07 bits per heavy atom. The average Bonchev–Trinajstić information content (AvgIpc) is 2.71. The SMILES string of the molecule is CCCOc1cc2c(=O)c(C(=O)OC)c[nH]c2cc1OCc1ccccc1. The first-order valence-corrected chi connectivity index (χ1v) is 8.71. The van der Waals surface area contributed by atoms with E-state index in [1.165, 1.54) is 13.3 Å². The summed E-state index contributed by atoms with van der Waals surface area (Å²) >= 11 is 0. The largest absolute Gasteiger partial charge is 0.490 e. The number of pyridine rings is 1. The Labute approximate surface area is 156 Å². The van der Waals surface area contributed by atoms with Gasteiger partial charge in [-0.15, -0.1) is 0 Å². The van der Waals surface area contributed by atoms with Crippen molar-refractivity contribution in [3.8, 4) is 11.5 Å². The maximum absolute atomic E-state index is 12.6. The van der Waals surface area contributed by atoms with Gasteiger partial charge in [0.05, 0.1) is 24.6 Å². The van der Waals surface area contributed by atoms with E-state index in [0.717, 1.165) is 12.0 Å². The molecule has 1 aromatic heterocycles. The molecule has 27 heavy (non-hydrogen) atoms. The van der Waals surface area contributed by atoms with Crippen molar-refractivity contribution in [3.05, 3.63) is 70.0 Å². The normalized spacial score (nSPS) is 10.6. The Bertz CT molecular complexity index is 995. The summed E-state index contributed by atoms with van der Waals surface area (Å²) in [7, 11) is 1.24. The molecule has 0 bridgehead atoms. The van der Waals surface area contributed by atoms with Crippen molar-refractivity contribution in [2.75, 3.05) is 13.7 Å². The Balaban J connectivity index is 2.01. The highest BCUT2D eigenvalue weighted by molar-refractivity contribution is 5.94. The van der Waals surface area contributed by atoms with E-state index in [1.54, 1.807) is 12.1 Å². The van der Waals surface area contributed by atoms with Crippen LogP contribution in [-0.4, -0.2) is 24.7 Å². The minimum absolute atomic E-state index is 0.0515. The quantitative estimate of drug-likeness (QED) is 0.645.